The summed E-state index contributed by atoms with van der Waals surface area (Å²) >= 11 is 1.54. The van der Waals surface area contributed by atoms with Crippen LogP contribution in [0.4, 0.5) is 9.18 Å². The topological polar surface area (TPSA) is 71.4 Å². The van der Waals surface area contributed by atoms with Gasteiger partial charge in [-0.2, -0.15) is 0 Å². The minimum absolute atomic E-state index is 0.0447. The second-order valence-corrected chi connectivity index (χ2v) is 7.74. The number of thiophene rings is 1. The van der Waals surface area contributed by atoms with Gasteiger partial charge in [0.05, 0.1) is 13.7 Å². The van der Waals surface area contributed by atoms with Gasteiger partial charge in [-0.1, -0.05) is 6.07 Å². The van der Waals surface area contributed by atoms with Crippen molar-refractivity contribution in [2.24, 2.45) is 0 Å². The summed E-state index contributed by atoms with van der Waals surface area (Å²) in [6.45, 7) is 3.11. The lowest BCUT2D eigenvalue weighted by Crippen LogP contribution is -3.12. The van der Waals surface area contributed by atoms with Gasteiger partial charge < -0.3 is 9.64 Å². The molecule has 0 bridgehead atoms. The Morgan fingerprint density at radius 1 is 1.14 bits per heavy atom. The smallest absolute Gasteiger partial charge is 0.338 e. The zero-order valence-electron chi connectivity index (χ0n) is 16.3. The second-order valence-electron chi connectivity index (χ2n) is 6.71. The molecule has 7 nitrogen and oxygen atoms in total. The number of rotatable bonds is 9. The quantitative estimate of drug-likeness (QED) is 0.490. The van der Waals surface area contributed by atoms with E-state index >= 15 is 0 Å². The van der Waals surface area contributed by atoms with Crippen molar-refractivity contribution in [3.8, 4) is 5.75 Å². The van der Waals surface area contributed by atoms with Gasteiger partial charge in [-0.05, 0) is 36.6 Å². The maximum absolute atomic E-state index is 13.9. The lowest BCUT2D eigenvalue weighted by Gasteiger charge is -2.22. The first-order valence-electron chi connectivity index (χ1n) is 9.30. The monoisotopic (exact) mass is 420 g/mol. The van der Waals surface area contributed by atoms with E-state index in [0.717, 1.165) is 19.6 Å². The van der Waals surface area contributed by atoms with E-state index in [1.54, 1.807) is 12.1 Å². The molecule has 0 saturated carbocycles. The molecule has 0 aliphatic carbocycles. The highest BCUT2D eigenvalue weighted by Gasteiger charge is 2.45. The average molecular weight is 420 g/mol. The molecule has 1 aromatic carbocycles. The summed E-state index contributed by atoms with van der Waals surface area (Å²) in [6, 6.07) is 7.88. The van der Waals surface area contributed by atoms with E-state index in [1.165, 1.54) is 24.5 Å². The molecule has 2 aromatic rings. The van der Waals surface area contributed by atoms with Gasteiger partial charge in [-0.3, -0.25) is 14.5 Å². The van der Waals surface area contributed by atoms with Crippen molar-refractivity contribution in [1.82, 2.24) is 9.80 Å². The van der Waals surface area contributed by atoms with Gasteiger partial charge in [0.2, 0.25) is 0 Å². The van der Waals surface area contributed by atoms with Crippen molar-refractivity contribution in [3.63, 3.8) is 0 Å². The molecule has 1 aliphatic rings. The maximum Gasteiger partial charge on any atom is 0.338 e. The Kier molecular flexibility index (Phi) is 6.60. The Labute approximate surface area is 172 Å². The number of nitrogens with zero attached hydrogens (tertiary/aromatic N) is 2. The van der Waals surface area contributed by atoms with Gasteiger partial charge in [-0.15, -0.1) is 11.3 Å². The molecule has 1 atom stereocenters. The molecular formula is C20H23FN3O4S+. The number of imide groups is 2. The summed E-state index contributed by atoms with van der Waals surface area (Å²) in [5.74, 6) is -1.92. The molecule has 0 radical (unpaired) electrons. The standard InChI is InChI=1S/C20H22FN3O4S/c1-3-22(12-14-6-7-17(28-2)16(21)11-14)13-24-19(26)18(25)23(20(24)27)9-8-15-5-4-10-29-15/h4-7,10-11H,3,8-9,12-13H2,1-2H3/p+1. The van der Waals surface area contributed by atoms with Gasteiger partial charge >= 0.3 is 17.8 Å². The minimum Gasteiger partial charge on any atom is -0.494 e. The van der Waals surface area contributed by atoms with Crippen molar-refractivity contribution in [2.75, 3.05) is 26.9 Å². The van der Waals surface area contributed by atoms with Crippen LogP contribution in [0, 0.1) is 5.82 Å². The Hall–Kier alpha value is -2.78. The Morgan fingerprint density at radius 2 is 1.90 bits per heavy atom. The Balaban J connectivity index is 1.65. The van der Waals surface area contributed by atoms with Crippen molar-refractivity contribution in [2.45, 2.75) is 19.9 Å². The molecule has 1 saturated heterocycles. The fourth-order valence-corrected chi connectivity index (χ4v) is 3.89. The van der Waals surface area contributed by atoms with Crippen LogP contribution in [0.15, 0.2) is 35.7 Å². The summed E-state index contributed by atoms with van der Waals surface area (Å²) in [6.07, 6.45) is 0.520. The fourth-order valence-electron chi connectivity index (χ4n) is 3.19. The summed E-state index contributed by atoms with van der Waals surface area (Å²) in [7, 11) is 1.40. The van der Waals surface area contributed by atoms with Crippen LogP contribution >= 0.6 is 11.3 Å². The number of carbonyl (C=O) groups excluding carboxylic acids is 3. The van der Waals surface area contributed by atoms with Crippen LogP contribution in [0.3, 0.4) is 0 Å². The third-order valence-corrected chi connectivity index (χ3v) is 5.79. The van der Waals surface area contributed by atoms with E-state index in [1.807, 2.05) is 24.4 Å². The molecule has 29 heavy (non-hydrogen) atoms. The van der Waals surface area contributed by atoms with Crippen molar-refractivity contribution in [3.05, 3.63) is 52.0 Å². The van der Waals surface area contributed by atoms with Crippen LogP contribution in [-0.2, 0) is 22.6 Å². The molecule has 1 N–H and O–H groups in total. The summed E-state index contributed by atoms with van der Waals surface area (Å²) in [4.78, 5) is 41.2. The third kappa shape index (κ3) is 4.63. The fraction of sp³-hybridized carbons (Fsp3) is 0.350. The molecule has 4 amide bonds. The van der Waals surface area contributed by atoms with E-state index in [0.29, 0.717) is 25.1 Å². The first kappa shape index (κ1) is 20.9. The summed E-state index contributed by atoms with van der Waals surface area (Å²) in [5, 5.41) is 1.92. The zero-order valence-corrected chi connectivity index (χ0v) is 17.1. The van der Waals surface area contributed by atoms with Crippen LogP contribution in [0.2, 0.25) is 0 Å². The van der Waals surface area contributed by atoms with Gasteiger partial charge in [0, 0.05) is 23.4 Å². The predicted molar refractivity (Wildman–Crippen MR) is 105 cm³/mol. The predicted octanol–water partition coefficient (Wildman–Crippen LogP) is 1.29. The normalized spacial score (nSPS) is 15.3. The van der Waals surface area contributed by atoms with Crippen molar-refractivity contribution in [1.29, 1.82) is 0 Å². The molecule has 1 aromatic heterocycles. The first-order valence-corrected chi connectivity index (χ1v) is 10.2. The molecule has 2 heterocycles. The highest BCUT2D eigenvalue weighted by atomic mass is 32.1. The van der Waals surface area contributed by atoms with Gasteiger partial charge in [0.25, 0.3) is 0 Å². The van der Waals surface area contributed by atoms with Crippen LogP contribution < -0.4 is 9.64 Å². The number of methoxy groups -OCH3 is 1. The molecule has 1 aliphatic heterocycles. The van der Waals surface area contributed by atoms with Crippen LogP contribution in [0.1, 0.15) is 17.4 Å². The molecule has 1 unspecified atom stereocenters. The number of benzene rings is 1. The molecule has 3 rings (SSSR count). The highest BCUT2D eigenvalue weighted by Crippen LogP contribution is 2.17. The van der Waals surface area contributed by atoms with E-state index in [2.05, 4.69) is 0 Å². The Bertz CT molecular complexity index is 903. The number of halogens is 1. The number of quaternary nitrogens is 1. The average Bonchev–Trinajstić information content (AvgIpc) is 3.29. The van der Waals surface area contributed by atoms with E-state index in [9.17, 15) is 18.8 Å². The second kappa shape index (κ2) is 9.15. The maximum atomic E-state index is 13.9. The molecular weight excluding hydrogens is 397 g/mol. The number of amides is 4. The van der Waals surface area contributed by atoms with Gasteiger partial charge in [0.1, 0.15) is 6.54 Å². The van der Waals surface area contributed by atoms with Crippen molar-refractivity contribution < 1.29 is 28.4 Å². The van der Waals surface area contributed by atoms with E-state index < -0.39 is 23.7 Å². The van der Waals surface area contributed by atoms with E-state index in [4.69, 9.17) is 4.74 Å². The number of carbonyl (C=O) groups is 3. The minimum atomic E-state index is -0.812. The molecule has 9 heteroatoms. The molecule has 1 fully saturated rings. The summed E-state index contributed by atoms with van der Waals surface area (Å²) < 4.78 is 18.9. The number of ether oxygens (including phenoxy) is 1. The third-order valence-electron chi connectivity index (χ3n) is 4.85. The number of hydrogen-bond acceptors (Lipinski definition) is 5. The van der Waals surface area contributed by atoms with E-state index in [-0.39, 0.29) is 19.0 Å². The van der Waals surface area contributed by atoms with Crippen LogP contribution in [-0.4, -0.2) is 54.5 Å². The Morgan fingerprint density at radius 3 is 2.52 bits per heavy atom. The zero-order chi connectivity index (χ0) is 21.0. The number of nitrogens with one attached hydrogen (secondary N) is 1. The van der Waals surface area contributed by atoms with Gasteiger partial charge in [0.15, 0.2) is 18.2 Å². The highest BCUT2D eigenvalue weighted by molar-refractivity contribution is 7.09. The molecule has 0 spiro atoms. The van der Waals surface area contributed by atoms with Crippen LogP contribution in [0.25, 0.3) is 0 Å². The number of urea groups is 1. The number of hydrogen-bond donors (Lipinski definition) is 1. The lowest BCUT2D eigenvalue weighted by molar-refractivity contribution is -0.919. The summed E-state index contributed by atoms with van der Waals surface area (Å²) in [5.41, 5.74) is 0.708. The largest absolute Gasteiger partial charge is 0.494 e. The van der Waals surface area contributed by atoms with Crippen LogP contribution in [0.5, 0.6) is 5.75 Å². The SMILES string of the molecule is CC[NH+](Cc1ccc(OC)c(F)c1)CN1C(=O)C(=O)N(CCc2cccs2)C1=O. The lowest BCUT2D eigenvalue weighted by atomic mass is 10.2. The van der Waals surface area contributed by atoms with Crippen molar-refractivity contribution >= 4 is 29.2 Å². The van der Waals surface area contributed by atoms with Gasteiger partial charge in [-0.25, -0.2) is 14.1 Å². The molecule has 154 valence electrons. The first-order chi connectivity index (χ1) is 13.9.